The van der Waals surface area contributed by atoms with Crippen LogP contribution in [0.3, 0.4) is 0 Å². The summed E-state index contributed by atoms with van der Waals surface area (Å²) in [5.74, 6) is -0.449. The SMILES string of the molecule is CC(C)(C)c1csc(CNc2c(Cl)cc(F)cc2Cl)n1. The molecule has 6 heteroatoms. The minimum absolute atomic E-state index is 0.0277. The monoisotopic (exact) mass is 332 g/mol. The zero-order valence-corrected chi connectivity index (χ0v) is 13.8. The highest BCUT2D eigenvalue weighted by atomic mass is 35.5. The third kappa shape index (κ3) is 3.62. The van der Waals surface area contributed by atoms with Gasteiger partial charge in [0.2, 0.25) is 0 Å². The first-order valence-corrected chi connectivity index (χ1v) is 7.74. The normalized spacial score (nSPS) is 11.7. The van der Waals surface area contributed by atoms with Crippen LogP contribution in [0.5, 0.6) is 0 Å². The summed E-state index contributed by atoms with van der Waals surface area (Å²) >= 11 is 13.5. The van der Waals surface area contributed by atoms with Crippen molar-refractivity contribution >= 4 is 40.2 Å². The Labute approximate surface area is 131 Å². The van der Waals surface area contributed by atoms with E-state index in [1.807, 2.05) is 5.38 Å². The highest BCUT2D eigenvalue weighted by Crippen LogP contribution is 2.32. The van der Waals surface area contributed by atoms with Gasteiger partial charge in [0.1, 0.15) is 10.8 Å². The van der Waals surface area contributed by atoms with Gasteiger partial charge < -0.3 is 5.32 Å². The predicted octanol–water partition coefficient (Wildman–Crippen LogP) is 5.50. The van der Waals surface area contributed by atoms with E-state index in [1.165, 1.54) is 12.1 Å². The number of aromatic nitrogens is 1. The highest BCUT2D eigenvalue weighted by molar-refractivity contribution is 7.09. The third-order valence-electron chi connectivity index (χ3n) is 2.74. The van der Waals surface area contributed by atoms with E-state index < -0.39 is 5.82 Å². The molecule has 1 aromatic carbocycles. The first-order chi connectivity index (χ1) is 9.27. The topological polar surface area (TPSA) is 24.9 Å². The summed E-state index contributed by atoms with van der Waals surface area (Å²) in [4.78, 5) is 4.57. The van der Waals surface area contributed by atoms with Crippen LogP contribution in [0.15, 0.2) is 17.5 Å². The van der Waals surface area contributed by atoms with Crippen molar-refractivity contribution in [2.24, 2.45) is 0 Å². The molecule has 2 aromatic rings. The summed E-state index contributed by atoms with van der Waals surface area (Å²) in [5.41, 5.74) is 1.61. The molecule has 1 aromatic heterocycles. The molecule has 0 unspecified atom stereocenters. The molecule has 0 radical (unpaired) electrons. The second-order valence-electron chi connectivity index (χ2n) is 5.47. The number of hydrogen-bond donors (Lipinski definition) is 1. The van der Waals surface area contributed by atoms with E-state index in [-0.39, 0.29) is 15.5 Å². The van der Waals surface area contributed by atoms with Gasteiger partial charge in [-0.1, -0.05) is 44.0 Å². The standard InChI is InChI=1S/C14H15Cl2FN2S/c1-14(2,3)11-7-20-12(19-11)6-18-13-9(15)4-8(17)5-10(13)16/h4-5,7,18H,6H2,1-3H3. The lowest BCUT2D eigenvalue weighted by molar-refractivity contribution is 0.571. The van der Waals surface area contributed by atoms with Crippen molar-refractivity contribution in [3.8, 4) is 0 Å². The van der Waals surface area contributed by atoms with Crippen molar-refractivity contribution in [2.45, 2.75) is 32.7 Å². The molecule has 20 heavy (non-hydrogen) atoms. The van der Waals surface area contributed by atoms with Crippen molar-refractivity contribution in [3.63, 3.8) is 0 Å². The molecular formula is C14H15Cl2FN2S. The number of rotatable bonds is 3. The van der Waals surface area contributed by atoms with E-state index in [4.69, 9.17) is 23.2 Å². The quantitative estimate of drug-likeness (QED) is 0.802. The fourth-order valence-electron chi connectivity index (χ4n) is 1.61. The molecule has 0 saturated carbocycles. The van der Waals surface area contributed by atoms with E-state index in [0.717, 1.165) is 10.7 Å². The number of nitrogens with zero attached hydrogens (tertiary/aromatic N) is 1. The first-order valence-electron chi connectivity index (χ1n) is 6.10. The van der Waals surface area contributed by atoms with Gasteiger partial charge in [-0.05, 0) is 12.1 Å². The summed E-state index contributed by atoms with van der Waals surface area (Å²) < 4.78 is 13.1. The fraction of sp³-hybridized carbons (Fsp3) is 0.357. The molecule has 0 spiro atoms. The van der Waals surface area contributed by atoms with Crippen LogP contribution < -0.4 is 5.32 Å². The summed E-state index contributed by atoms with van der Waals surface area (Å²) in [6.07, 6.45) is 0. The van der Waals surface area contributed by atoms with Crippen LogP contribution in [0.2, 0.25) is 10.0 Å². The minimum Gasteiger partial charge on any atom is -0.376 e. The summed E-state index contributed by atoms with van der Waals surface area (Å²) in [6, 6.07) is 2.47. The number of benzene rings is 1. The molecule has 0 aliphatic heterocycles. The maximum Gasteiger partial charge on any atom is 0.126 e. The lowest BCUT2D eigenvalue weighted by atomic mass is 9.93. The Morgan fingerprint density at radius 3 is 2.35 bits per heavy atom. The third-order valence-corrected chi connectivity index (χ3v) is 4.19. The Morgan fingerprint density at radius 2 is 1.85 bits per heavy atom. The van der Waals surface area contributed by atoms with Crippen LogP contribution >= 0.6 is 34.5 Å². The van der Waals surface area contributed by atoms with Crippen molar-refractivity contribution in [2.75, 3.05) is 5.32 Å². The molecule has 0 aliphatic rings. The van der Waals surface area contributed by atoms with Crippen molar-refractivity contribution in [1.82, 2.24) is 4.98 Å². The van der Waals surface area contributed by atoms with E-state index in [1.54, 1.807) is 11.3 Å². The molecule has 0 amide bonds. The van der Waals surface area contributed by atoms with Crippen molar-refractivity contribution in [3.05, 3.63) is 44.1 Å². The van der Waals surface area contributed by atoms with Gasteiger partial charge in [-0.3, -0.25) is 0 Å². The van der Waals surface area contributed by atoms with Crippen LogP contribution in [-0.4, -0.2) is 4.98 Å². The molecule has 0 saturated heterocycles. The molecule has 2 nitrogen and oxygen atoms in total. The molecule has 0 aliphatic carbocycles. The summed E-state index contributed by atoms with van der Waals surface area (Å²) in [7, 11) is 0. The van der Waals surface area contributed by atoms with Crippen LogP contribution in [0, 0.1) is 5.82 Å². The lowest BCUT2D eigenvalue weighted by Crippen LogP contribution is -2.12. The van der Waals surface area contributed by atoms with Crippen LogP contribution in [0.25, 0.3) is 0 Å². The first kappa shape index (κ1) is 15.5. The van der Waals surface area contributed by atoms with Gasteiger partial charge in [0.25, 0.3) is 0 Å². The van der Waals surface area contributed by atoms with E-state index in [2.05, 4.69) is 31.1 Å². The van der Waals surface area contributed by atoms with E-state index in [9.17, 15) is 4.39 Å². The largest absolute Gasteiger partial charge is 0.376 e. The van der Waals surface area contributed by atoms with Gasteiger partial charge in [0.05, 0.1) is 28.0 Å². The van der Waals surface area contributed by atoms with E-state index >= 15 is 0 Å². The minimum atomic E-state index is -0.449. The van der Waals surface area contributed by atoms with Gasteiger partial charge in [-0.15, -0.1) is 11.3 Å². The zero-order chi connectivity index (χ0) is 14.9. The molecule has 0 atom stereocenters. The molecule has 0 bridgehead atoms. The molecule has 0 fully saturated rings. The second-order valence-corrected chi connectivity index (χ2v) is 7.23. The summed E-state index contributed by atoms with van der Waals surface area (Å²) in [6.45, 7) is 6.86. The number of halogens is 3. The van der Waals surface area contributed by atoms with Crippen molar-refractivity contribution in [1.29, 1.82) is 0 Å². The average Bonchev–Trinajstić information content (AvgIpc) is 2.75. The Kier molecular flexibility index (Phi) is 4.57. The highest BCUT2D eigenvalue weighted by Gasteiger charge is 2.17. The van der Waals surface area contributed by atoms with Gasteiger partial charge in [0.15, 0.2) is 0 Å². The fourth-order valence-corrected chi connectivity index (χ4v) is 3.17. The maximum absolute atomic E-state index is 13.1. The number of nitrogens with one attached hydrogen (secondary N) is 1. The van der Waals surface area contributed by atoms with Gasteiger partial charge in [0, 0.05) is 10.8 Å². The average molecular weight is 333 g/mol. The Balaban J connectivity index is 2.12. The molecular weight excluding hydrogens is 318 g/mol. The molecule has 108 valence electrons. The van der Waals surface area contributed by atoms with Gasteiger partial charge in [-0.2, -0.15) is 0 Å². The number of hydrogen-bond acceptors (Lipinski definition) is 3. The number of thiazole rings is 1. The summed E-state index contributed by atoms with van der Waals surface area (Å²) in [5, 5.41) is 6.62. The van der Waals surface area contributed by atoms with Gasteiger partial charge in [-0.25, -0.2) is 9.37 Å². The molecule has 1 heterocycles. The van der Waals surface area contributed by atoms with Gasteiger partial charge >= 0.3 is 0 Å². The van der Waals surface area contributed by atoms with Crippen molar-refractivity contribution < 1.29 is 4.39 Å². The Morgan fingerprint density at radius 1 is 1.25 bits per heavy atom. The predicted molar refractivity (Wildman–Crippen MR) is 84.6 cm³/mol. The molecule has 2 rings (SSSR count). The second kappa shape index (κ2) is 5.88. The van der Waals surface area contributed by atoms with Crippen LogP contribution in [-0.2, 0) is 12.0 Å². The Hall–Kier alpha value is -0.840. The van der Waals surface area contributed by atoms with Crippen LogP contribution in [0.1, 0.15) is 31.5 Å². The smallest absolute Gasteiger partial charge is 0.126 e. The molecule has 1 N–H and O–H groups in total. The zero-order valence-electron chi connectivity index (χ0n) is 11.4. The van der Waals surface area contributed by atoms with Crippen LogP contribution in [0.4, 0.5) is 10.1 Å². The van der Waals surface area contributed by atoms with E-state index in [0.29, 0.717) is 12.2 Å². The lowest BCUT2D eigenvalue weighted by Gasteiger charge is -2.14. The number of anilines is 1. The maximum atomic E-state index is 13.1. The Bertz CT molecular complexity index is 597.